The van der Waals surface area contributed by atoms with Gasteiger partial charge in [-0.2, -0.15) is 0 Å². The first-order valence-electron chi connectivity index (χ1n) is 4.02. The number of benzene rings is 1. The third-order valence-corrected chi connectivity index (χ3v) is 2.71. The number of halogens is 3. The average Bonchev–Trinajstić information content (AvgIpc) is 2.01. The lowest BCUT2D eigenvalue weighted by Crippen LogP contribution is -2.26. The van der Waals surface area contributed by atoms with Crippen LogP contribution in [0.25, 0.3) is 0 Å². The summed E-state index contributed by atoms with van der Waals surface area (Å²) in [6, 6.07) is 4.91. The second-order valence-electron chi connectivity index (χ2n) is 3.40. The first-order chi connectivity index (χ1) is 6.34. The maximum atomic E-state index is 13.4. The van der Waals surface area contributed by atoms with E-state index in [9.17, 15) is 9.18 Å². The van der Waals surface area contributed by atoms with Crippen molar-refractivity contribution in [3.05, 3.63) is 33.3 Å². The predicted molar refractivity (Wildman–Crippen MR) is 58.7 cm³/mol. The summed E-state index contributed by atoms with van der Waals surface area (Å²) < 4.78 is 13.9. The summed E-state index contributed by atoms with van der Waals surface area (Å²) in [7, 11) is 0. The maximum Gasteiger partial charge on any atom is 0.202 e. The van der Waals surface area contributed by atoms with Gasteiger partial charge in [0.1, 0.15) is 0 Å². The minimum atomic E-state index is -1.91. The normalized spacial score (nSPS) is 11.5. The number of hydrogen-bond acceptors (Lipinski definition) is 1. The predicted octanol–water partition coefficient (Wildman–Crippen LogP) is 4.03. The third kappa shape index (κ3) is 2.34. The Labute approximate surface area is 95.4 Å². The van der Waals surface area contributed by atoms with Crippen LogP contribution in [0.15, 0.2) is 22.7 Å². The van der Waals surface area contributed by atoms with Crippen LogP contribution in [0.4, 0.5) is 4.39 Å². The lowest BCUT2D eigenvalue weighted by Gasteiger charge is -2.14. The molecular weight excluding hydrogens is 270 g/mol. The van der Waals surface area contributed by atoms with Crippen LogP contribution in [0.1, 0.15) is 24.2 Å². The number of Topliss-reactive ketones (excluding diaryl/α,β-unsaturated/α-hetero) is 1. The molecule has 0 N–H and O–H groups in total. The van der Waals surface area contributed by atoms with Crippen molar-refractivity contribution in [1.82, 2.24) is 0 Å². The van der Waals surface area contributed by atoms with Gasteiger partial charge in [-0.05, 0) is 41.9 Å². The van der Waals surface area contributed by atoms with E-state index in [4.69, 9.17) is 11.6 Å². The SMILES string of the molecule is CC(C)(F)C(=O)c1c(Cl)cccc1Br. The monoisotopic (exact) mass is 278 g/mol. The Kier molecular flexibility index (Phi) is 3.32. The molecule has 0 saturated carbocycles. The number of ketones is 1. The molecule has 0 radical (unpaired) electrons. The van der Waals surface area contributed by atoms with E-state index in [2.05, 4.69) is 15.9 Å². The molecule has 0 fully saturated rings. The molecule has 0 aliphatic carbocycles. The largest absolute Gasteiger partial charge is 0.290 e. The number of carbonyl (C=O) groups excluding carboxylic acids is 1. The van der Waals surface area contributed by atoms with Gasteiger partial charge >= 0.3 is 0 Å². The Morgan fingerprint density at radius 2 is 2.07 bits per heavy atom. The Morgan fingerprint density at radius 1 is 1.50 bits per heavy atom. The maximum absolute atomic E-state index is 13.4. The minimum absolute atomic E-state index is 0.196. The topological polar surface area (TPSA) is 17.1 Å². The zero-order valence-electron chi connectivity index (χ0n) is 7.77. The summed E-state index contributed by atoms with van der Waals surface area (Å²) >= 11 is 8.98. The van der Waals surface area contributed by atoms with E-state index in [1.54, 1.807) is 18.2 Å². The van der Waals surface area contributed by atoms with Crippen molar-refractivity contribution in [2.45, 2.75) is 19.5 Å². The number of carbonyl (C=O) groups is 1. The van der Waals surface area contributed by atoms with Crippen LogP contribution < -0.4 is 0 Å². The fraction of sp³-hybridized carbons (Fsp3) is 0.300. The van der Waals surface area contributed by atoms with Gasteiger partial charge in [-0.15, -0.1) is 0 Å². The molecular formula is C10H9BrClFO. The highest BCUT2D eigenvalue weighted by atomic mass is 79.9. The molecule has 76 valence electrons. The van der Waals surface area contributed by atoms with E-state index < -0.39 is 11.5 Å². The molecule has 0 amide bonds. The Balaban J connectivity index is 3.26. The van der Waals surface area contributed by atoms with E-state index in [1.807, 2.05) is 0 Å². The van der Waals surface area contributed by atoms with Crippen molar-refractivity contribution in [3.8, 4) is 0 Å². The zero-order valence-corrected chi connectivity index (χ0v) is 10.1. The van der Waals surface area contributed by atoms with Crippen LogP contribution in [0.3, 0.4) is 0 Å². The first-order valence-corrected chi connectivity index (χ1v) is 5.19. The fourth-order valence-corrected chi connectivity index (χ4v) is 1.93. The van der Waals surface area contributed by atoms with Crippen LogP contribution in [-0.2, 0) is 0 Å². The highest BCUT2D eigenvalue weighted by molar-refractivity contribution is 9.10. The standard InChI is InChI=1S/C10H9BrClFO/c1-10(2,13)9(14)8-6(11)4-3-5-7(8)12/h3-5H,1-2H3. The first kappa shape index (κ1) is 11.7. The molecule has 1 aromatic rings. The Bertz CT molecular complexity index is 351. The molecule has 4 heteroatoms. The van der Waals surface area contributed by atoms with Crippen molar-refractivity contribution >= 4 is 33.3 Å². The van der Waals surface area contributed by atoms with Gasteiger partial charge in [0.15, 0.2) is 5.67 Å². The van der Waals surface area contributed by atoms with Gasteiger partial charge in [0.05, 0.1) is 10.6 Å². The summed E-state index contributed by atoms with van der Waals surface area (Å²) in [6.45, 7) is 2.43. The van der Waals surface area contributed by atoms with Gasteiger partial charge in [-0.25, -0.2) is 4.39 Å². The molecule has 0 aliphatic rings. The van der Waals surface area contributed by atoms with Crippen molar-refractivity contribution in [2.75, 3.05) is 0 Å². The van der Waals surface area contributed by atoms with Crippen molar-refractivity contribution in [1.29, 1.82) is 0 Å². The Hall–Kier alpha value is -0.410. The average molecular weight is 280 g/mol. The lowest BCUT2D eigenvalue weighted by molar-refractivity contribution is 0.0759. The molecule has 1 nitrogen and oxygen atoms in total. The summed E-state index contributed by atoms with van der Waals surface area (Å²) in [5.41, 5.74) is -1.71. The molecule has 0 heterocycles. The van der Waals surface area contributed by atoms with E-state index in [0.29, 0.717) is 4.47 Å². The highest BCUT2D eigenvalue weighted by Crippen LogP contribution is 2.29. The van der Waals surface area contributed by atoms with Gasteiger partial charge in [-0.1, -0.05) is 17.7 Å². The Morgan fingerprint density at radius 3 is 2.50 bits per heavy atom. The van der Waals surface area contributed by atoms with Crippen molar-refractivity contribution in [3.63, 3.8) is 0 Å². The molecule has 0 unspecified atom stereocenters. The second-order valence-corrected chi connectivity index (χ2v) is 4.66. The third-order valence-electron chi connectivity index (χ3n) is 1.73. The van der Waals surface area contributed by atoms with Gasteiger partial charge in [0.2, 0.25) is 5.78 Å². The summed E-state index contributed by atoms with van der Waals surface area (Å²) in [5, 5.41) is 0.259. The van der Waals surface area contributed by atoms with Gasteiger partial charge < -0.3 is 0 Å². The highest BCUT2D eigenvalue weighted by Gasteiger charge is 2.30. The van der Waals surface area contributed by atoms with E-state index >= 15 is 0 Å². The smallest absolute Gasteiger partial charge is 0.202 e. The molecule has 0 atom stereocenters. The molecule has 0 bridgehead atoms. The molecule has 0 saturated heterocycles. The van der Waals surface area contributed by atoms with Crippen LogP contribution in [0.5, 0.6) is 0 Å². The number of rotatable bonds is 2. The summed E-state index contributed by atoms with van der Waals surface area (Å²) in [5.74, 6) is -0.616. The minimum Gasteiger partial charge on any atom is -0.290 e. The van der Waals surface area contributed by atoms with Gasteiger partial charge in [0, 0.05) is 4.47 Å². The molecule has 1 rings (SSSR count). The van der Waals surface area contributed by atoms with Gasteiger partial charge in [-0.3, -0.25) is 4.79 Å². The zero-order chi connectivity index (χ0) is 10.9. The van der Waals surface area contributed by atoms with Crippen LogP contribution in [-0.4, -0.2) is 11.5 Å². The second kappa shape index (κ2) is 3.99. The fourth-order valence-electron chi connectivity index (χ4n) is 1.01. The molecule has 0 spiro atoms. The molecule has 14 heavy (non-hydrogen) atoms. The van der Waals surface area contributed by atoms with E-state index in [-0.39, 0.29) is 10.6 Å². The van der Waals surface area contributed by atoms with E-state index in [0.717, 1.165) is 0 Å². The van der Waals surface area contributed by atoms with Crippen molar-refractivity contribution < 1.29 is 9.18 Å². The van der Waals surface area contributed by atoms with Crippen LogP contribution in [0, 0.1) is 0 Å². The molecule has 1 aromatic carbocycles. The van der Waals surface area contributed by atoms with Gasteiger partial charge in [0.25, 0.3) is 0 Å². The molecule has 0 aromatic heterocycles. The van der Waals surface area contributed by atoms with Crippen LogP contribution >= 0.6 is 27.5 Å². The quantitative estimate of drug-likeness (QED) is 0.747. The van der Waals surface area contributed by atoms with E-state index in [1.165, 1.54) is 13.8 Å². The summed E-state index contributed by atoms with van der Waals surface area (Å²) in [4.78, 5) is 11.6. The molecule has 0 aliphatic heterocycles. The van der Waals surface area contributed by atoms with Crippen molar-refractivity contribution in [2.24, 2.45) is 0 Å². The lowest BCUT2D eigenvalue weighted by atomic mass is 9.98. The number of alkyl halides is 1. The number of hydrogen-bond donors (Lipinski definition) is 0. The van der Waals surface area contributed by atoms with Crippen LogP contribution in [0.2, 0.25) is 5.02 Å². The summed E-state index contributed by atoms with van der Waals surface area (Å²) in [6.07, 6.45) is 0.